The third-order valence-electron chi connectivity index (χ3n) is 2.56. The highest BCUT2D eigenvalue weighted by Crippen LogP contribution is 2.25. The van der Waals surface area contributed by atoms with Crippen molar-refractivity contribution in [1.29, 1.82) is 0 Å². The van der Waals surface area contributed by atoms with Crippen molar-refractivity contribution in [3.8, 4) is 0 Å². The molecule has 6 nitrogen and oxygen atoms in total. The van der Waals surface area contributed by atoms with E-state index < -0.39 is 10.0 Å². The van der Waals surface area contributed by atoms with Gasteiger partial charge in [0.1, 0.15) is 0 Å². The van der Waals surface area contributed by atoms with Gasteiger partial charge in [-0.3, -0.25) is 4.68 Å². The van der Waals surface area contributed by atoms with Crippen molar-refractivity contribution in [2.75, 3.05) is 6.54 Å². The monoisotopic (exact) mass is 301 g/mol. The summed E-state index contributed by atoms with van der Waals surface area (Å²) in [4.78, 5) is 1.56. The number of aliphatic hydroxyl groups excluding tert-OH is 1. The quantitative estimate of drug-likeness (QED) is 0.823. The fourth-order valence-electron chi connectivity index (χ4n) is 1.67. The molecule has 0 amide bonds. The molecular weight excluding hydrogens is 286 g/mol. The van der Waals surface area contributed by atoms with E-state index in [9.17, 15) is 8.42 Å². The molecule has 2 rings (SSSR count). The molecule has 2 aromatic heterocycles. The summed E-state index contributed by atoms with van der Waals surface area (Å²) >= 11 is 1.29. The Morgan fingerprint density at radius 2 is 2.32 bits per heavy atom. The minimum Gasteiger partial charge on any atom is -0.391 e. The lowest BCUT2D eigenvalue weighted by Gasteiger charge is -2.06. The Labute approximate surface area is 115 Å². The molecule has 0 radical (unpaired) electrons. The molecule has 0 aliphatic heterocycles. The Bertz CT molecular complexity index is 632. The van der Waals surface area contributed by atoms with Gasteiger partial charge in [-0.05, 0) is 19.1 Å². The van der Waals surface area contributed by atoms with Crippen LogP contribution in [0.2, 0.25) is 0 Å². The number of nitrogens with one attached hydrogen (secondary N) is 1. The second kappa shape index (κ2) is 5.83. The van der Waals surface area contributed by atoms with Crippen LogP contribution in [0, 0.1) is 6.92 Å². The molecule has 0 aliphatic rings. The molecular formula is C11H15N3O3S2. The van der Waals surface area contributed by atoms with Crippen molar-refractivity contribution in [2.24, 2.45) is 0 Å². The highest BCUT2D eigenvalue weighted by Gasteiger charge is 2.19. The molecule has 2 aromatic rings. The molecule has 8 heteroatoms. The predicted octanol–water partition coefficient (Wildman–Crippen LogP) is 0.724. The molecule has 0 bridgehead atoms. The fraction of sp³-hybridized carbons (Fsp3) is 0.364. The SMILES string of the molecule is Cc1sc(CO)cc1S(=O)(=O)NCCn1cccn1. The molecule has 0 saturated carbocycles. The minimum absolute atomic E-state index is 0.145. The summed E-state index contributed by atoms with van der Waals surface area (Å²) in [7, 11) is -3.53. The number of aromatic nitrogens is 2. The Hall–Kier alpha value is -1.22. The average Bonchev–Trinajstić information content (AvgIpc) is 2.98. The van der Waals surface area contributed by atoms with E-state index in [1.165, 1.54) is 17.4 Å². The minimum atomic E-state index is -3.53. The van der Waals surface area contributed by atoms with Gasteiger partial charge >= 0.3 is 0 Å². The number of thiophene rings is 1. The number of hydrogen-bond donors (Lipinski definition) is 2. The van der Waals surface area contributed by atoms with Crippen molar-refractivity contribution in [3.05, 3.63) is 34.3 Å². The Morgan fingerprint density at radius 3 is 2.89 bits per heavy atom. The summed E-state index contributed by atoms with van der Waals surface area (Å²) < 4.78 is 28.4. The van der Waals surface area contributed by atoms with Gasteiger partial charge in [0.25, 0.3) is 0 Å². The van der Waals surface area contributed by atoms with Crippen LogP contribution in [0.1, 0.15) is 9.75 Å². The fourth-order valence-corrected chi connectivity index (χ4v) is 4.19. The zero-order valence-corrected chi connectivity index (χ0v) is 12.0. The third-order valence-corrected chi connectivity index (χ3v) is 5.31. The maximum absolute atomic E-state index is 12.1. The van der Waals surface area contributed by atoms with Crippen LogP contribution in [0.25, 0.3) is 0 Å². The van der Waals surface area contributed by atoms with Gasteiger partial charge in [-0.15, -0.1) is 11.3 Å². The van der Waals surface area contributed by atoms with Gasteiger partial charge in [-0.1, -0.05) is 0 Å². The lowest BCUT2D eigenvalue weighted by Crippen LogP contribution is -2.27. The van der Waals surface area contributed by atoms with Gasteiger partial charge in [-0.25, -0.2) is 13.1 Å². The molecule has 0 saturated heterocycles. The third kappa shape index (κ3) is 3.41. The van der Waals surface area contributed by atoms with Gasteiger partial charge in [0.2, 0.25) is 10.0 Å². The normalized spacial score (nSPS) is 11.9. The van der Waals surface area contributed by atoms with Gasteiger partial charge in [0.05, 0.1) is 18.0 Å². The average molecular weight is 301 g/mol. The van der Waals surface area contributed by atoms with Crippen molar-refractivity contribution in [3.63, 3.8) is 0 Å². The van der Waals surface area contributed by atoms with Crippen molar-refractivity contribution in [1.82, 2.24) is 14.5 Å². The van der Waals surface area contributed by atoms with Crippen LogP contribution in [0.5, 0.6) is 0 Å². The van der Waals surface area contributed by atoms with E-state index in [-0.39, 0.29) is 18.0 Å². The molecule has 0 atom stereocenters. The lowest BCUT2D eigenvalue weighted by molar-refractivity contribution is 0.285. The van der Waals surface area contributed by atoms with E-state index in [0.717, 1.165) is 0 Å². The van der Waals surface area contributed by atoms with Crippen LogP contribution in [-0.4, -0.2) is 29.8 Å². The van der Waals surface area contributed by atoms with E-state index >= 15 is 0 Å². The molecule has 0 unspecified atom stereocenters. The van der Waals surface area contributed by atoms with Gasteiger partial charge in [0, 0.05) is 28.7 Å². The Balaban J connectivity index is 2.03. The first kappa shape index (κ1) is 14.2. The second-order valence-electron chi connectivity index (χ2n) is 3.96. The molecule has 0 aliphatic carbocycles. The van der Waals surface area contributed by atoms with Crippen LogP contribution in [0.15, 0.2) is 29.4 Å². The van der Waals surface area contributed by atoms with Crippen LogP contribution in [0.3, 0.4) is 0 Å². The first-order chi connectivity index (χ1) is 9.03. The van der Waals surface area contributed by atoms with Crippen molar-refractivity contribution < 1.29 is 13.5 Å². The topological polar surface area (TPSA) is 84.2 Å². The number of aliphatic hydroxyl groups is 1. The van der Waals surface area contributed by atoms with Gasteiger partial charge in [-0.2, -0.15) is 5.10 Å². The smallest absolute Gasteiger partial charge is 0.241 e. The highest BCUT2D eigenvalue weighted by molar-refractivity contribution is 7.89. The summed E-state index contributed by atoms with van der Waals surface area (Å²) in [6.45, 7) is 2.33. The van der Waals surface area contributed by atoms with Crippen LogP contribution < -0.4 is 4.72 Å². The molecule has 2 heterocycles. The van der Waals surface area contributed by atoms with E-state index in [1.807, 2.05) is 0 Å². The second-order valence-corrected chi connectivity index (χ2v) is 7.03. The lowest BCUT2D eigenvalue weighted by atomic mass is 10.4. The number of hydrogen-bond acceptors (Lipinski definition) is 5. The van der Waals surface area contributed by atoms with Gasteiger partial charge < -0.3 is 5.11 Å². The van der Waals surface area contributed by atoms with E-state index in [4.69, 9.17) is 5.11 Å². The summed E-state index contributed by atoms with van der Waals surface area (Å²) in [5.41, 5.74) is 0. The Kier molecular flexibility index (Phi) is 4.35. The number of sulfonamides is 1. The first-order valence-electron chi connectivity index (χ1n) is 5.70. The molecule has 0 spiro atoms. The zero-order valence-electron chi connectivity index (χ0n) is 10.4. The van der Waals surface area contributed by atoms with Crippen LogP contribution in [-0.2, 0) is 23.2 Å². The standard InChI is InChI=1S/C11H15N3O3S2/c1-9-11(7-10(8-15)18-9)19(16,17)13-4-6-14-5-2-3-12-14/h2-3,5,7,13,15H,4,6,8H2,1H3. The molecule has 104 valence electrons. The Morgan fingerprint density at radius 1 is 1.53 bits per heavy atom. The number of rotatable bonds is 6. The highest BCUT2D eigenvalue weighted by atomic mass is 32.2. The summed E-state index contributed by atoms with van der Waals surface area (Å²) in [6.07, 6.45) is 3.42. The largest absolute Gasteiger partial charge is 0.391 e. The number of nitrogens with zero attached hydrogens (tertiary/aromatic N) is 2. The van der Waals surface area contributed by atoms with Crippen LogP contribution in [0.4, 0.5) is 0 Å². The summed E-state index contributed by atoms with van der Waals surface area (Å²) in [5.74, 6) is 0. The maximum Gasteiger partial charge on any atom is 0.241 e. The molecule has 2 N–H and O–H groups in total. The molecule has 0 aromatic carbocycles. The van der Waals surface area contributed by atoms with Crippen LogP contribution >= 0.6 is 11.3 Å². The van der Waals surface area contributed by atoms with Crippen molar-refractivity contribution >= 4 is 21.4 Å². The van der Waals surface area contributed by atoms with Crippen molar-refractivity contribution in [2.45, 2.75) is 25.0 Å². The van der Waals surface area contributed by atoms with Gasteiger partial charge in [0.15, 0.2) is 0 Å². The summed E-state index contributed by atoms with van der Waals surface area (Å²) in [6, 6.07) is 3.29. The summed E-state index contributed by atoms with van der Waals surface area (Å²) in [5, 5.41) is 13.0. The predicted molar refractivity (Wildman–Crippen MR) is 72.4 cm³/mol. The number of aryl methyl sites for hydroxylation is 1. The molecule has 0 fully saturated rings. The molecule has 19 heavy (non-hydrogen) atoms. The zero-order chi connectivity index (χ0) is 13.9. The first-order valence-corrected chi connectivity index (χ1v) is 8.00. The van der Waals surface area contributed by atoms with E-state index in [1.54, 1.807) is 30.1 Å². The van der Waals surface area contributed by atoms with E-state index in [2.05, 4.69) is 9.82 Å². The van der Waals surface area contributed by atoms with E-state index in [0.29, 0.717) is 16.3 Å². The maximum atomic E-state index is 12.1.